The first-order valence-electron chi connectivity index (χ1n) is 7.36. The summed E-state index contributed by atoms with van der Waals surface area (Å²) in [5.74, 6) is -1.02. The molecule has 0 fully saturated rings. The highest BCUT2D eigenvalue weighted by Gasteiger charge is 2.26. The van der Waals surface area contributed by atoms with Gasteiger partial charge in [0.1, 0.15) is 6.04 Å². The maximum atomic E-state index is 12.0. The van der Waals surface area contributed by atoms with Crippen LogP contribution >= 0.6 is 0 Å². The lowest BCUT2D eigenvalue weighted by Gasteiger charge is -2.20. The van der Waals surface area contributed by atoms with Gasteiger partial charge in [0.05, 0.1) is 12.6 Å². The fourth-order valence-electron chi connectivity index (χ4n) is 1.84. The lowest BCUT2D eigenvalue weighted by atomic mass is 10.0. The molecule has 1 amide bonds. The molecule has 124 valence electrons. The first-order valence-corrected chi connectivity index (χ1v) is 7.36. The number of carbonyl (C=O) groups excluding carboxylic acids is 3. The lowest BCUT2D eigenvalue weighted by molar-refractivity contribution is -0.147. The van der Waals surface area contributed by atoms with Crippen LogP contribution in [0.1, 0.15) is 40.0 Å². The van der Waals surface area contributed by atoms with Gasteiger partial charge in [-0.3, -0.25) is 9.59 Å². The molecule has 0 rings (SSSR count). The van der Waals surface area contributed by atoms with Crippen LogP contribution in [-0.4, -0.2) is 49.3 Å². The summed E-state index contributed by atoms with van der Waals surface area (Å²) in [5.41, 5.74) is 5.78. The number of hydrogen-bond acceptors (Lipinski definition) is 5. The lowest BCUT2D eigenvalue weighted by Crippen LogP contribution is -2.49. The van der Waals surface area contributed by atoms with Gasteiger partial charge in [0, 0.05) is 6.42 Å². The van der Waals surface area contributed by atoms with Gasteiger partial charge in [0.2, 0.25) is 11.7 Å². The molecule has 0 saturated carbocycles. The van der Waals surface area contributed by atoms with E-state index in [9.17, 15) is 14.4 Å². The molecule has 0 radical (unpaired) electrons. The Kier molecular flexibility index (Phi) is 9.74. The van der Waals surface area contributed by atoms with Gasteiger partial charge in [0.25, 0.3) is 6.72 Å². The third kappa shape index (κ3) is 8.34. The molecule has 2 atom stereocenters. The molecule has 0 aliphatic heterocycles. The summed E-state index contributed by atoms with van der Waals surface area (Å²) in [6.45, 7) is 8.95. The van der Waals surface area contributed by atoms with Crippen LogP contribution in [0, 0.1) is 5.92 Å². The van der Waals surface area contributed by atoms with Crippen LogP contribution in [0.5, 0.6) is 0 Å². The van der Waals surface area contributed by atoms with Crippen LogP contribution in [0.2, 0.25) is 0 Å². The summed E-state index contributed by atoms with van der Waals surface area (Å²) in [5, 5.41) is 2.55. The number of esters is 1. The van der Waals surface area contributed by atoms with Crippen molar-refractivity contribution in [3.05, 3.63) is 0 Å². The number of carbonyl (C=O) groups is 3. The number of nitrogens with zero attached hydrogens (tertiary/aromatic N) is 1. The molecule has 0 heterocycles. The highest BCUT2D eigenvalue weighted by molar-refractivity contribution is 6.27. The van der Waals surface area contributed by atoms with Gasteiger partial charge in [0.15, 0.2) is 0 Å². The molecule has 22 heavy (non-hydrogen) atoms. The quantitative estimate of drug-likeness (QED) is 0.324. The zero-order valence-corrected chi connectivity index (χ0v) is 13.5. The number of hydrogen-bond donors (Lipinski definition) is 2. The SMILES string of the molecule is C=[N+]=CC(=O)CC[C@H](NC(=O)[C@@H](N)CC(C)C)C(=O)OCC. The van der Waals surface area contributed by atoms with Crippen molar-refractivity contribution in [1.29, 1.82) is 0 Å². The highest BCUT2D eigenvalue weighted by atomic mass is 16.5. The smallest absolute Gasteiger partial charge is 0.334 e. The molecular formula is C15H26N3O4+. The Hall–Kier alpha value is -1.98. The van der Waals surface area contributed by atoms with Crippen molar-refractivity contribution < 1.29 is 19.1 Å². The van der Waals surface area contributed by atoms with Crippen LogP contribution in [0.4, 0.5) is 0 Å². The van der Waals surface area contributed by atoms with Crippen LogP contribution in [-0.2, 0) is 19.1 Å². The maximum absolute atomic E-state index is 12.0. The maximum Gasteiger partial charge on any atom is 0.334 e. The Bertz CT molecular complexity index is 442. The first-order chi connectivity index (χ1) is 10.3. The second kappa shape index (κ2) is 10.7. The normalized spacial score (nSPS) is 13.0. The standard InChI is InChI=1S/C15H25N3O4/c1-5-22-15(21)13(7-6-11(19)9-17-4)18-14(20)12(16)8-10(2)3/h9-10,12-13H,4-8,16H2,1-3H3/p+1/t12-,13-/m0/s1. The fraction of sp³-hybridized carbons (Fsp3) is 0.667. The Morgan fingerprint density at radius 3 is 2.50 bits per heavy atom. The van der Waals surface area contributed by atoms with Gasteiger partial charge < -0.3 is 15.8 Å². The second-order valence-corrected chi connectivity index (χ2v) is 5.37. The first kappa shape index (κ1) is 20.0. The van der Waals surface area contributed by atoms with E-state index in [-0.39, 0.29) is 31.1 Å². The third-order valence-electron chi connectivity index (χ3n) is 2.86. The molecule has 7 nitrogen and oxygen atoms in total. The van der Waals surface area contributed by atoms with E-state index in [1.54, 1.807) is 6.92 Å². The van der Waals surface area contributed by atoms with Gasteiger partial charge in [-0.15, -0.1) is 4.67 Å². The minimum atomic E-state index is -0.896. The predicted molar refractivity (Wildman–Crippen MR) is 85.6 cm³/mol. The molecule has 0 unspecified atom stereocenters. The molecule has 7 heteroatoms. The molecule has 0 aromatic rings. The Morgan fingerprint density at radius 2 is 2.00 bits per heavy atom. The van der Waals surface area contributed by atoms with Gasteiger partial charge in [-0.2, -0.15) is 0 Å². The van der Waals surface area contributed by atoms with Crippen molar-refractivity contribution in [2.24, 2.45) is 11.7 Å². The summed E-state index contributed by atoms with van der Waals surface area (Å²) in [4.78, 5) is 35.3. The molecule has 0 saturated heterocycles. The Morgan fingerprint density at radius 1 is 1.36 bits per heavy atom. The largest absolute Gasteiger partial charge is 0.464 e. The number of Topliss-reactive ketones (excluding diaryl/α,β-unsaturated/α-hetero) is 1. The Labute approximate surface area is 131 Å². The second-order valence-electron chi connectivity index (χ2n) is 5.37. The average molecular weight is 312 g/mol. The molecule has 0 aromatic heterocycles. The van der Waals surface area contributed by atoms with E-state index in [1.165, 1.54) is 0 Å². The summed E-state index contributed by atoms with van der Waals surface area (Å²) in [6, 6.07) is -1.60. The van der Waals surface area contributed by atoms with Gasteiger partial charge in [-0.25, -0.2) is 4.79 Å². The summed E-state index contributed by atoms with van der Waals surface area (Å²) in [7, 11) is 0. The van der Waals surface area contributed by atoms with Crippen molar-refractivity contribution in [3.63, 3.8) is 0 Å². The zero-order chi connectivity index (χ0) is 17.1. The summed E-state index contributed by atoms with van der Waals surface area (Å²) < 4.78 is 8.27. The number of ketones is 1. The minimum absolute atomic E-state index is 0.0577. The third-order valence-corrected chi connectivity index (χ3v) is 2.86. The summed E-state index contributed by atoms with van der Waals surface area (Å²) >= 11 is 0. The molecule has 0 aromatic carbocycles. The van der Waals surface area contributed by atoms with E-state index in [4.69, 9.17) is 10.5 Å². The van der Waals surface area contributed by atoms with Crippen molar-refractivity contribution in [3.8, 4) is 0 Å². The number of rotatable bonds is 10. The number of ether oxygens (including phenoxy) is 1. The van der Waals surface area contributed by atoms with Crippen molar-refractivity contribution in [2.45, 2.75) is 52.1 Å². The van der Waals surface area contributed by atoms with Crippen LogP contribution in [0.3, 0.4) is 0 Å². The topological polar surface area (TPSA) is 113 Å². The van der Waals surface area contributed by atoms with Crippen LogP contribution < -0.4 is 15.7 Å². The predicted octanol–water partition coefficient (Wildman–Crippen LogP) is -0.404. The van der Waals surface area contributed by atoms with E-state index >= 15 is 0 Å². The molecule has 3 N–H and O–H groups in total. The van der Waals surface area contributed by atoms with E-state index in [0.717, 1.165) is 6.21 Å². The molecule has 0 aliphatic carbocycles. The zero-order valence-electron chi connectivity index (χ0n) is 13.5. The van der Waals surface area contributed by atoms with Gasteiger partial charge in [-0.1, -0.05) is 13.8 Å². The van der Waals surface area contributed by atoms with Crippen molar-refractivity contribution in [1.82, 2.24) is 9.98 Å². The van der Waals surface area contributed by atoms with Gasteiger partial charge in [-0.05, 0) is 25.7 Å². The molecule has 0 spiro atoms. The molecule has 0 aliphatic rings. The summed E-state index contributed by atoms with van der Waals surface area (Å²) in [6.07, 6.45) is 1.77. The number of amides is 1. The van der Waals surface area contributed by atoms with Crippen molar-refractivity contribution >= 4 is 30.6 Å². The van der Waals surface area contributed by atoms with Crippen LogP contribution in [0.15, 0.2) is 0 Å². The molecule has 0 bridgehead atoms. The van der Waals surface area contributed by atoms with Gasteiger partial charge >= 0.3 is 12.2 Å². The minimum Gasteiger partial charge on any atom is -0.464 e. The van der Waals surface area contributed by atoms with E-state index in [1.807, 2.05) is 13.8 Å². The van der Waals surface area contributed by atoms with E-state index in [0.29, 0.717) is 6.42 Å². The molecular weight excluding hydrogens is 286 g/mol. The monoisotopic (exact) mass is 312 g/mol. The van der Waals surface area contributed by atoms with E-state index < -0.39 is 24.0 Å². The van der Waals surface area contributed by atoms with Crippen molar-refractivity contribution in [2.75, 3.05) is 6.61 Å². The van der Waals surface area contributed by atoms with E-state index in [2.05, 4.69) is 16.7 Å². The average Bonchev–Trinajstić information content (AvgIpc) is 2.42. The van der Waals surface area contributed by atoms with Crippen LogP contribution in [0.25, 0.3) is 0 Å². The number of nitrogens with two attached hydrogens (primary N) is 1. The number of nitrogens with one attached hydrogen (secondary N) is 1. The Balaban J connectivity index is 4.71. The highest BCUT2D eigenvalue weighted by Crippen LogP contribution is 2.05. The fourth-order valence-corrected chi connectivity index (χ4v) is 1.84.